The first kappa shape index (κ1) is 18.6. The fourth-order valence-corrected chi connectivity index (χ4v) is 4.52. The van der Waals surface area contributed by atoms with E-state index in [1.54, 1.807) is 24.3 Å². The molecule has 0 unspecified atom stereocenters. The maximum atomic E-state index is 13.0. The van der Waals surface area contributed by atoms with Gasteiger partial charge in [-0.1, -0.05) is 13.8 Å². The van der Waals surface area contributed by atoms with E-state index in [-0.39, 0.29) is 11.6 Å². The molecule has 1 aliphatic rings. The number of carbonyl (C=O) groups is 1. The van der Waals surface area contributed by atoms with Crippen LogP contribution in [-0.2, 0) is 4.79 Å². The van der Waals surface area contributed by atoms with Crippen LogP contribution in [0.5, 0.6) is 0 Å². The zero-order chi connectivity index (χ0) is 19.0. The highest BCUT2D eigenvalue weighted by Gasteiger charge is 2.30. The van der Waals surface area contributed by atoms with E-state index >= 15 is 0 Å². The van der Waals surface area contributed by atoms with Gasteiger partial charge in [0.15, 0.2) is 0 Å². The van der Waals surface area contributed by atoms with Gasteiger partial charge in [-0.3, -0.25) is 9.59 Å². The number of carbonyl (C=O) groups excluding carboxylic acids is 1. The maximum absolute atomic E-state index is 13.0. The van der Waals surface area contributed by atoms with E-state index in [0.717, 1.165) is 29.3 Å². The van der Waals surface area contributed by atoms with Crippen molar-refractivity contribution in [3.05, 3.63) is 33.4 Å². The number of anilines is 1. The first-order chi connectivity index (χ1) is 12.3. The predicted molar refractivity (Wildman–Crippen MR) is 105 cm³/mol. The number of hydrogen-bond donors (Lipinski definition) is 1. The Labute approximate surface area is 157 Å². The van der Waals surface area contributed by atoms with Gasteiger partial charge in [0, 0.05) is 18.0 Å². The van der Waals surface area contributed by atoms with Gasteiger partial charge in [0.05, 0.1) is 4.88 Å². The summed E-state index contributed by atoms with van der Waals surface area (Å²) in [5, 5.41) is 4.46. The molecule has 6 nitrogen and oxygen atoms in total. The van der Waals surface area contributed by atoms with Crippen molar-refractivity contribution < 1.29 is 4.79 Å². The average Bonchev–Trinajstić information content (AvgIpc) is 3.01. The summed E-state index contributed by atoms with van der Waals surface area (Å²) in [6, 6.07) is 4.87. The molecule has 2 N–H and O–H groups in total. The summed E-state index contributed by atoms with van der Waals surface area (Å²) < 4.78 is 1.24. The third kappa shape index (κ3) is 3.67. The Bertz CT molecular complexity index is 863. The molecule has 1 amide bonds. The van der Waals surface area contributed by atoms with Crippen LogP contribution in [0.25, 0.3) is 10.6 Å². The average molecular weight is 375 g/mol. The molecule has 140 valence electrons. The highest BCUT2D eigenvalue weighted by atomic mass is 32.1. The largest absolute Gasteiger partial charge is 0.394 e. The number of piperidine rings is 1. The van der Waals surface area contributed by atoms with Gasteiger partial charge in [-0.25, -0.2) is 4.68 Å². The van der Waals surface area contributed by atoms with Gasteiger partial charge in [-0.15, -0.1) is 11.3 Å². The number of nitrogen functional groups attached to an aromatic ring is 1. The van der Waals surface area contributed by atoms with Crippen LogP contribution in [0.4, 0.5) is 5.69 Å². The third-order valence-electron chi connectivity index (χ3n) is 4.86. The fraction of sp³-hybridized carbons (Fsp3) is 0.526. The topological polar surface area (TPSA) is 81.2 Å². The zero-order valence-corrected chi connectivity index (χ0v) is 16.5. The summed E-state index contributed by atoms with van der Waals surface area (Å²) >= 11 is 1.58. The minimum absolute atomic E-state index is 0.0723. The van der Waals surface area contributed by atoms with Crippen LogP contribution in [0.15, 0.2) is 23.0 Å². The van der Waals surface area contributed by atoms with Crippen LogP contribution in [0.3, 0.4) is 0 Å². The summed E-state index contributed by atoms with van der Waals surface area (Å²) in [4.78, 5) is 29.5. The third-order valence-corrected chi connectivity index (χ3v) is 5.88. The summed E-state index contributed by atoms with van der Waals surface area (Å²) in [7, 11) is 0. The van der Waals surface area contributed by atoms with Crippen molar-refractivity contribution in [2.24, 2.45) is 11.8 Å². The van der Waals surface area contributed by atoms with Crippen molar-refractivity contribution in [3.8, 4) is 10.6 Å². The second kappa shape index (κ2) is 7.23. The zero-order valence-electron chi connectivity index (χ0n) is 15.7. The first-order valence-corrected chi connectivity index (χ1v) is 9.82. The Balaban J connectivity index is 1.93. The normalized spacial score (nSPS) is 21.6. The molecule has 0 bridgehead atoms. The van der Waals surface area contributed by atoms with Crippen molar-refractivity contribution >= 4 is 22.9 Å². The molecule has 1 saturated heterocycles. The number of nitrogens with two attached hydrogens (primary N) is 1. The van der Waals surface area contributed by atoms with Gasteiger partial charge in [-0.2, -0.15) is 5.10 Å². The second-order valence-corrected chi connectivity index (χ2v) is 8.80. The molecule has 3 rings (SSSR count). The van der Waals surface area contributed by atoms with Gasteiger partial charge in [0.1, 0.15) is 17.4 Å². The molecule has 3 heterocycles. The van der Waals surface area contributed by atoms with Gasteiger partial charge < -0.3 is 10.6 Å². The molecular weight excluding hydrogens is 348 g/mol. The number of nitrogens with zero attached hydrogens (tertiary/aromatic N) is 3. The van der Waals surface area contributed by atoms with E-state index in [9.17, 15) is 9.59 Å². The standard InChI is InChI=1S/C19H26N4O2S/c1-11-7-12(2)10-22(9-11)18(24)14(4)23-19(25)15(20)8-16(21-23)17-6-5-13(3)26-17/h5-6,8,11-12,14H,7,9-10,20H2,1-4H3/t11-,12-,14+/m0/s1. The highest BCUT2D eigenvalue weighted by molar-refractivity contribution is 7.15. The van der Waals surface area contributed by atoms with E-state index < -0.39 is 11.6 Å². The SMILES string of the molecule is Cc1ccc(-c2cc(N)c(=O)n([C@H](C)C(=O)N3C[C@@H](C)C[C@H](C)C3)n2)s1. The molecule has 3 atom stereocenters. The smallest absolute Gasteiger partial charge is 0.290 e. The monoisotopic (exact) mass is 374 g/mol. The van der Waals surface area contributed by atoms with E-state index in [0.29, 0.717) is 17.5 Å². The van der Waals surface area contributed by atoms with Crippen molar-refractivity contribution in [2.45, 2.75) is 40.2 Å². The van der Waals surface area contributed by atoms with Crippen LogP contribution in [0.2, 0.25) is 0 Å². The van der Waals surface area contributed by atoms with Crippen LogP contribution >= 0.6 is 11.3 Å². The molecular formula is C19H26N4O2S. The van der Waals surface area contributed by atoms with Gasteiger partial charge >= 0.3 is 0 Å². The molecule has 0 aliphatic carbocycles. The first-order valence-electron chi connectivity index (χ1n) is 9.01. The Morgan fingerprint density at radius 1 is 1.31 bits per heavy atom. The van der Waals surface area contributed by atoms with E-state index in [4.69, 9.17) is 5.73 Å². The molecule has 7 heteroatoms. The Hall–Kier alpha value is -2.15. The number of rotatable bonds is 3. The molecule has 0 spiro atoms. The summed E-state index contributed by atoms with van der Waals surface area (Å²) in [6.07, 6.45) is 1.12. The quantitative estimate of drug-likeness (QED) is 0.896. The molecule has 2 aromatic heterocycles. The van der Waals surface area contributed by atoms with Gasteiger partial charge in [0.25, 0.3) is 5.56 Å². The lowest BCUT2D eigenvalue weighted by molar-refractivity contribution is -0.137. The van der Waals surface area contributed by atoms with E-state index in [2.05, 4.69) is 18.9 Å². The Morgan fingerprint density at radius 3 is 2.54 bits per heavy atom. The number of aromatic nitrogens is 2. The van der Waals surface area contributed by atoms with Crippen LogP contribution in [0.1, 0.15) is 38.1 Å². The molecule has 2 aromatic rings. The maximum Gasteiger partial charge on any atom is 0.290 e. The number of thiophene rings is 1. The summed E-state index contributed by atoms with van der Waals surface area (Å²) in [5.41, 5.74) is 6.25. The minimum atomic E-state index is -0.677. The van der Waals surface area contributed by atoms with E-state index in [1.165, 1.54) is 4.68 Å². The molecule has 1 aliphatic heterocycles. The van der Waals surface area contributed by atoms with Crippen molar-refractivity contribution in [1.29, 1.82) is 0 Å². The van der Waals surface area contributed by atoms with Crippen molar-refractivity contribution in [1.82, 2.24) is 14.7 Å². The number of aryl methyl sites for hydroxylation is 1. The lowest BCUT2D eigenvalue weighted by Gasteiger charge is -2.36. The van der Waals surface area contributed by atoms with Crippen molar-refractivity contribution in [2.75, 3.05) is 18.8 Å². The summed E-state index contributed by atoms with van der Waals surface area (Å²) in [6.45, 7) is 9.50. The minimum Gasteiger partial charge on any atom is -0.394 e. The number of likely N-dealkylation sites (tertiary alicyclic amines) is 1. The molecule has 26 heavy (non-hydrogen) atoms. The van der Waals surface area contributed by atoms with Crippen LogP contribution in [-0.4, -0.2) is 33.7 Å². The van der Waals surface area contributed by atoms with Gasteiger partial charge in [-0.05, 0) is 50.3 Å². The predicted octanol–water partition coefficient (Wildman–Crippen LogP) is 2.93. The Morgan fingerprint density at radius 2 is 1.96 bits per heavy atom. The fourth-order valence-electron chi connectivity index (χ4n) is 3.70. The number of hydrogen-bond acceptors (Lipinski definition) is 5. The van der Waals surface area contributed by atoms with Crippen molar-refractivity contribution in [3.63, 3.8) is 0 Å². The van der Waals surface area contributed by atoms with Crippen LogP contribution < -0.4 is 11.3 Å². The highest BCUT2D eigenvalue weighted by Crippen LogP contribution is 2.27. The molecule has 0 aromatic carbocycles. The molecule has 1 fully saturated rings. The summed E-state index contributed by atoms with van der Waals surface area (Å²) in [5.74, 6) is 0.854. The second-order valence-electron chi connectivity index (χ2n) is 7.51. The van der Waals surface area contributed by atoms with E-state index in [1.807, 2.05) is 24.0 Å². The lowest BCUT2D eigenvalue weighted by atomic mass is 9.91. The lowest BCUT2D eigenvalue weighted by Crippen LogP contribution is -2.47. The van der Waals surface area contributed by atoms with Gasteiger partial charge in [0.2, 0.25) is 5.91 Å². The van der Waals surface area contributed by atoms with Crippen LogP contribution in [0, 0.1) is 18.8 Å². The molecule has 0 radical (unpaired) electrons. The number of amides is 1. The Kier molecular flexibility index (Phi) is 5.18. The molecule has 0 saturated carbocycles.